The van der Waals surface area contributed by atoms with Crippen molar-refractivity contribution in [1.29, 1.82) is 5.26 Å². The molecule has 2 aromatic heterocycles. The Kier molecular flexibility index (Phi) is 7.15. The molecular formula is C26H27F4N5O2. The summed E-state index contributed by atoms with van der Waals surface area (Å²) < 4.78 is 57.8. The van der Waals surface area contributed by atoms with Gasteiger partial charge in [-0.2, -0.15) is 5.26 Å². The zero-order valence-electron chi connectivity index (χ0n) is 20.9. The summed E-state index contributed by atoms with van der Waals surface area (Å²) in [6.45, 7) is 6.80. The molecule has 4 rings (SSSR count). The number of anilines is 1. The first-order valence-electron chi connectivity index (χ1n) is 11.9. The van der Waals surface area contributed by atoms with Crippen LogP contribution in [-0.2, 0) is 7.05 Å². The van der Waals surface area contributed by atoms with Gasteiger partial charge in [0.1, 0.15) is 28.8 Å². The highest BCUT2D eigenvalue weighted by molar-refractivity contribution is 5.89. The van der Waals surface area contributed by atoms with Gasteiger partial charge in [-0.15, -0.1) is 13.2 Å². The lowest BCUT2D eigenvalue weighted by molar-refractivity contribution is -0.274. The van der Waals surface area contributed by atoms with Gasteiger partial charge in [0.05, 0.1) is 11.2 Å². The fourth-order valence-corrected chi connectivity index (χ4v) is 5.05. The van der Waals surface area contributed by atoms with Crippen molar-refractivity contribution in [1.82, 2.24) is 14.5 Å². The van der Waals surface area contributed by atoms with Gasteiger partial charge in [-0.25, -0.2) is 9.37 Å². The Bertz CT molecular complexity index is 1420. The fourth-order valence-electron chi connectivity index (χ4n) is 5.05. The molecule has 11 heteroatoms. The third kappa shape index (κ3) is 5.39. The SMILES string of the molecule is CC[C@H]1CN(C(C)c2cc(F)cc(OC(F)(F)F)c2)[C@H](C)CN1c1cc(=O)n(C)c2ccc(C#N)nc12. The van der Waals surface area contributed by atoms with E-state index in [0.717, 1.165) is 0 Å². The van der Waals surface area contributed by atoms with Crippen molar-refractivity contribution in [3.8, 4) is 11.8 Å². The molecule has 196 valence electrons. The lowest BCUT2D eigenvalue weighted by Crippen LogP contribution is -2.58. The van der Waals surface area contributed by atoms with Crippen molar-refractivity contribution in [3.63, 3.8) is 0 Å². The first kappa shape index (κ1) is 26.4. The molecule has 0 radical (unpaired) electrons. The highest BCUT2D eigenvalue weighted by Gasteiger charge is 2.36. The van der Waals surface area contributed by atoms with Crippen LogP contribution in [0.3, 0.4) is 0 Å². The van der Waals surface area contributed by atoms with E-state index in [1.54, 1.807) is 19.2 Å². The predicted octanol–water partition coefficient (Wildman–Crippen LogP) is 4.89. The number of hydrogen-bond acceptors (Lipinski definition) is 6. The molecule has 0 spiro atoms. The molecule has 0 amide bonds. The monoisotopic (exact) mass is 517 g/mol. The van der Waals surface area contributed by atoms with E-state index < -0.39 is 24.0 Å². The number of hydrogen-bond donors (Lipinski definition) is 0. The van der Waals surface area contributed by atoms with Crippen molar-refractivity contribution < 1.29 is 22.3 Å². The maximum absolute atomic E-state index is 14.2. The number of nitriles is 1. The summed E-state index contributed by atoms with van der Waals surface area (Å²) in [5.41, 5.74) is 2.19. The summed E-state index contributed by atoms with van der Waals surface area (Å²) in [6, 6.07) is 9.41. The van der Waals surface area contributed by atoms with E-state index in [-0.39, 0.29) is 23.3 Å². The van der Waals surface area contributed by atoms with E-state index >= 15 is 0 Å². The third-order valence-electron chi connectivity index (χ3n) is 6.96. The van der Waals surface area contributed by atoms with E-state index in [2.05, 4.69) is 19.5 Å². The summed E-state index contributed by atoms with van der Waals surface area (Å²) in [6.07, 6.45) is -4.22. The minimum atomic E-state index is -4.92. The van der Waals surface area contributed by atoms with E-state index in [9.17, 15) is 27.6 Å². The number of pyridine rings is 2. The van der Waals surface area contributed by atoms with Crippen molar-refractivity contribution in [2.75, 3.05) is 18.0 Å². The molecule has 1 fully saturated rings. The van der Waals surface area contributed by atoms with Crippen molar-refractivity contribution >= 4 is 16.7 Å². The zero-order valence-corrected chi connectivity index (χ0v) is 20.9. The summed E-state index contributed by atoms with van der Waals surface area (Å²) in [7, 11) is 1.65. The number of aryl methyl sites for hydroxylation is 1. The third-order valence-corrected chi connectivity index (χ3v) is 6.96. The van der Waals surface area contributed by atoms with Crippen LogP contribution in [0.25, 0.3) is 11.0 Å². The Balaban J connectivity index is 1.69. The van der Waals surface area contributed by atoms with Gasteiger partial charge in [-0.1, -0.05) is 6.92 Å². The molecule has 1 unspecified atom stereocenters. The maximum Gasteiger partial charge on any atom is 0.573 e. The number of ether oxygens (including phenoxy) is 1. The van der Waals surface area contributed by atoms with Crippen LogP contribution in [0.15, 0.2) is 41.2 Å². The number of rotatable bonds is 5. The molecule has 0 bridgehead atoms. The van der Waals surface area contributed by atoms with Gasteiger partial charge < -0.3 is 14.2 Å². The van der Waals surface area contributed by atoms with Crippen LogP contribution in [0.2, 0.25) is 0 Å². The summed E-state index contributed by atoms with van der Waals surface area (Å²) >= 11 is 0. The standard InChI is InChI=1S/C26H27F4N5O2/c1-5-20-14-34(16(3)17-8-18(27)10-21(9-17)37-26(28,29)30)15(2)13-35(20)23-11-24(36)33(4)22-7-6-19(12-31)32-25(22)23/h6-11,15-16,20H,5,13-14H2,1-4H3/t15-,16?,20+/m1/s1. The second-order valence-corrected chi connectivity index (χ2v) is 9.31. The van der Waals surface area contributed by atoms with Crippen LogP contribution in [0.1, 0.15) is 44.5 Å². The van der Waals surface area contributed by atoms with Gasteiger partial charge in [0.2, 0.25) is 0 Å². The van der Waals surface area contributed by atoms with Crippen molar-refractivity contribution in [3.05, 3.63) is 63.8 Å². The summed E-state index contributed by atoms with van der Waals surface area (Å²) in [4.78, 5) is 21.5. The molecule has 3 atom stereocenters. The van der Waals surface area contributed by atoms with E-state index in [1.165, 1.54) is 22.8 Å². The first-order chi connectivity index (χ1) is 17.4. The minimum absolute atomic E-state index is 0.0686. The Morgan fingerprint density at radius 2 is 1.95 bits per heavy atom. The largest absolute Gasteiger partial charge is 0.573 e. The van der Waals surface area contributed by atoms with Gasteiger partial charge >= 0.3 is 6.36 Å². The molecule has 0 N–H and O–H groups in total. The molecule has 7 nitrogen and oxygen atoms in total. The summed E-state index contributed by atoms with van der Waals surface area (Å²) in [5, 5.41) is 9.37. The predicted molar refractivity (Wildman–Crippen MR) is 131 cm³/mol. The van der Waals surface area contributed by atoms with E-state index in [0.29, 0.717) is 47.9 Å². The topological polar surface area (TPSA) is 74.4 Å². The molecule has 1 saturated heterocycles. The minimum Gasteiger partial charge on any atom is -0.406 e. The second-order valence-electron chi connectivity index (χ2n) is 9.31. The van der Waals surface area contributed by atoms with Crippen LogP contribution in [0.4, 0.5) is 23.2 Å². The number of alkyl halides is 3. The van der Waals surface area contributed by atoms with Gasteiger partial charge in [-0.05, 0) is 50.1 Å². The average Bonchev–Trinajstić information content (AvgIpc) is 2.83. The second kappa shape index (κ2) is 10.0. The normalized spacial score (nSPS) is 19.6. The lowest BCUT2D eigenvalue weighted by Gasteiger charge is -2.48. The molecule has 3 aromatic rings. The molecule has 1 aliphatic rings. The number of piperazine rings is 1. The van der Waals surface area contributed by atoms with Crippen LogP contribution in [0, 0.1) is 17.1 Å². The fraction of sp³-hybridized carbons (Fsp3) is 0.423. The molecule has 3 heterocycles. The molecule has 1 aliphatic heterocycles. The van der Waals surface area contributed by atoms with Crippen LogP contribution in [-0.4, -0.2) is 46.0 Å². The molecule has 1 aromatic carbocycles. The molecular weight excluding hydrogens is 490 g/mol. The van der Waals surface area contributed by atoms with Gasteiger partial charge in [-0.3, -0.25) is 9.69 Å². The zero-order chi connectivity index (χ0) is 27.1. The Hall–Kier alpha value is -3.65. The number of fused-ring (bicyclic) bond motifs is 1. The Morgan fingerprint density at radius 1 is 1.22 bits per heavy atom. The smallest absolute Gasteiger partial charge is 0.406 e. The van der Waals surface area contributed by atoms with Crippen LogP contribution in [0.5, 0.6) is 5.75 Å². The van der Waals surface area contributed by atoms with Crippen LogP contribution < -0.4 is 15.2 Å². The molecule has 37 heavy (non-hydrogen) atoms. The van der Waals surface area contributed by atoms with Gasteiger partial charge in [0.15, 0.2) is 0 Å². The van der Waals surface area contributed by atoms with Gasteiger partial charge in [0, 0.05) is 50.4 Å². The molecule has 0 aliphatic carbocycles. The quantitative estimate of drug-likeness (QED) is 0.449. The number of aromatic nitrogens is 2. The average molecular weight is 518 g/mol. The van der Waals surface area contributed by atoms with Crippen LogP contribution >= 0.6 is 0 Å². The highest BCUT2D eigenvalue weighted by Crippen LogP contribution is 2.35. The number of halogens is 4. The van der Waals surface area contributed by atoms with E-state index in [4.69, 9.17) is 0 Å². The number of nitrogens with zero attached hydrogens (tertiary/aromatic N) is 5. The Labute approximate surface area is 211 Å². The van der Waals surface area contributed by atoms with Crippen molar-refractivity contribution in [2.45, 2.75) is 51.7 Å². The highest BCUT2D eigenvalue weighted by atomic mass is 19.4. The summed E-state index contributed by atoms with van der Waals surface area (Å²) in [5.74, 6) is -1.41. The van der Waals surface area contributed by atoms with Gasteiger partial charge in [0.25, 0.3) is 5.56 Å². The Morgan fingerprint density at radius 3 is 2.59 bits per heavy atom. The van der Waals surface area contributed by atoms with E-state index in [1.807, 2.05) is 26.8 Å². The molecule has 0 saturated carbocycles. The number of benzene rings is 1. The lowest BCUT2D eigenvalue weighted by atomic mass is 9.98. The maximum atomic E-state index is 14.2. The van der Waals surface area contributed by atoms with Crippen molar-refractivity contribution in [2.24, 2.45) is 7.05 Å². The first-order valence-corrected chi connectivity index (χ1v) is 11.9.